The summed E-state index contributed by atoms with van der Waals surface area (Å²) in [5.41, 5.74) is 0.472. The average Bonchev–Trinajstić information content (AvgIpc) is 2.91. The highest BCUT2D eigenvalue weighted by Gasteiger charge is 2.19. The van der Waals surface area contributed by atoms with Crippen LogP contribution in [-0.2, 0) is 0 Å². The van der Waals surface area contributed by atoms with Crippen LogP contribution in [0.15, 0.2) is 22.7 Å². The van der Waals surface area contributed by atoms with Crippen molar-refractivity contribution in [3.8, 4) is 10.6 Å². The topological polar surface area (TPSA) is 52.5 Å². The summed E-state index contributed by atoms with van der Waals surface area (Å²) < 4.78 is 14.8. The second kappa shape index (κ2) is 7.65. The Balaban J connectivity index is 1.75. The lowest BCUT2D eigenvalue weighted by Crippen LogP contribution is -2.32. The van der Waals surface area contributed by atoms with Gasteiger partial charge in [-0.2, -0.15) is 0 Å². The maximum absolute atomic E-state index is 14.0. The number of aromatic nitrogens is 2. The lowest BCUT2D eigenvalue weighted by molar-refractivity contribution is 0.204. The van der Waals surface area contributed by atoms with E-state index in [2.05, 4.69) is 35.9 Å². The van der Waals surface area contributed by atoms with Crippen molar-refractivity contribution in [1.82, 2.24) is 15.1 Å². The van der Waals surface area contributed by atoms with Gasteiger partial charge < -0.3 is 10.0 Å². The van der Waals surface area contributed by atoms with Gasteiger partial charge in [0.1, 0.15) is 5.82 Å². The SMILES string of the molecule is OCCN1CCCN(c2nnc(-c3cc(Br)ccc3F)s2)CC1. The first kappa shape index (κ1) is 16.8. The van der Waals surface area contributed by atoms with E-state index in [-0.39, 0.29) is 12.4 Å². The Morgan fingerprint density at radius 3 is 2.91 bits per heavy atom. The number of aliphatic hydroxyl groups excluding tert-OH is 1. The molecule has 0 unspecified atom stereocenters. The third kappa shape index (κ3) is 4.06. The summed E-state index contributed by atoms with van der Waals surface area (Å²) in [5, 5.41) is 18.9. The van der Waals surface area contributed by atoms with Crippen molar-refractivity contribution >= 4 is 32.4 Å². The summed E-state index contributed by atoms with van der Waals surface area (Å²) in [4.78, 5) is 4.43. The molecule has 1 aliphatic heterocycles. The Kier molecular flexibility index (Phi) is 5.58. The number of hydrogen-bond acceptors (Lipinski definition) is 6. The van der Waals surface area contributed by atoms with Crippen molar-refractivity contribution in [2.75, 3.05) is 44.2 Å². The van der Waals surface area contributed by atoms with Gasteiger partial charge in [0, 0.05) is 36.2 Å². The predicted molar refractivity (Wildman–Crippen MR) is 93.4 cm³/mol. The first-order valence-corrected chi connectivity index (χ1v) is 9.15. The third-order valence-corrected chi connectivity index (χ3v) is 5.36. The van der Waals surface area contributed by atoms with Crippen LogP contribution in [0, 0.1) is 5.82 Å². The zero-order valence-electron chi connectivity index (χ0n) is 12.6. The lowest BCUT2D eigenvalue weighted by Gasteiger charge is -2.20. The van der Waals surface area contributed by atoms with Gasteiger partial charge in [0.15, 0.2) is 5.01 Å². The highest BCUT2D eigenvalue weighted by Crippen LogP contribution is 2.32. The van der Waals surface area contributed by atoms with E-state index in [0.717, 1.165) is 42.2 Å². The molecule has 0 radical (unpaired) electrons. The van der Waals surface area contributed by atoms with E-state index in [1.165, 1.54) is 17.4 Å². The molecule has 23 heavy (non-hydrogen) atoms. The molecule has 1 saturated heterocycles. The molecule has 1 aromatic carbocycles. The van der Waals surface area contributed by atoms with Crippen molar-refractivity contribution in [2.24, 2.45) is 0 Å². The van der Waals surface area contributed by atoms with Crippen LogP contribution in [-0.4, -0.2) is 59.5 Å². The van der Waals surface area contributed by atoms with Crippen molar-refractivity contribution < 1.29 is 9.50 Å². The Morgan fingerprint density at radius 1 is 1.22 bits per heavy atom. The van der Waals surface area contributed by atoms with Crippen molar-refractivity contribution in [3.05, 3.63) is 28.5 Å². The molecule has 3 rings (SSSR count). The molecule has 0 aliphatic carbocycles. The summed E-state index contributed by atoms with van der Waals surface area (Å²) in [6.07, 6.45) is 1.01. The molecule has 1 aliphatic rings. The molecule has 8 heteroatoms. The Bertz CT molecular complexity index is 669. The fraction of sp³-hybridized carbons (Fsp3) is 0.467. The highest BCUT2D eigenvalue weighted by molar-refractivity contribution is 9.10. The summed E-state index contributed by atoms with van der Waals surface area (Å²) in [6.45, 7) is 4.50. The molecule has 124 valence electrons. The van der Waals surface area contributed by atoms with Crippen LogP contribution < -0.4 is 4.90 Å². The van der Waals surface area contributed by atoms with E-state index in [4.69, 9.17) is 5.11 Å². The highest BCUT2D eigenvalue weighted by atomic mass is 79.9. The number of aliphatic hydroxyl groups is 1. The third-order valence-electron chi connectivity index (χ3n) is 3.85. The summed E-state index contributed by atoms with van der Waals surface area (Å²) in [5.74, 6) is -0.291. The Morgan fingerprint density at radius 2 is 2.09 bits per heavy atom. The zero-order valence-corrected chi connectivity index (χ0v) is 15.0. The molecular formula is C15H18BrFN4OS. The standard InChI is InChI=1S/C15H18BrFN4OS/c16-11-2-3-13(17)12(10-11)14-18-19-15(23-14)21-5-1-4-20(6-7-21)8-9-22/h2-3,10,22H,1,4-9H2. The van der Waals surface area contributed by atoms with Crippen LogP contribution in [0.4, 0.5) is 9.52 Å². The van der Waals surface area contributed by atoms with Gasteiger partial charge in [-0.25, -0.2) is 4.39 Å². The van der Waals surface area contributed by atoms with Gasteiger partial charge >= 0.3 is 0 Å². The van der Waals surface area contributed by atoms with E-state index in [1.54, 1.807) is 12.1 Å². The quantitative estimate of drug-likeness (QED) is 0.854. The molecule has 0 amide bonds. The molecule has 0 atom stereocenters. The second-order valence-corrected chi connectivity index (χ2v) is 7.29. The Labute approximate surface area is 146 Å². The molecule has 2 heterocycles. The number of benzene rings is 1. The van der Waals surface area contributed by atoms with E-state index in [1.807, 2.05) is 0 Å². The average molecular weight is 401 g/mol. The van der Waals surface area contributed by atoms with Crippen LogP contribution in [0.2, 0.25) is 0 Å². The van der Waals surface area contributed by atoms with Gasteiger partial charge in [-0.3, -0.25) is 4.90 Å². The molecule has 0 spiro atoms. The number of rotatable bonds is 4. The number of anilines is 1. The lowest BCUT2D eigenvalue weighted by atomic mass is 10.2. The van der Waals surface area contributed by atoms with Crippen molar-refractivity contribution in [2.45, 2.75) is 6.42 Å². The smallest absolute Gasteiger partial charge is 0.208 e. The molecule has 1 aromatic heterocycles. The summed E-state index contributed by atoms with van der Waals surface area (Å²) in [6, 6.07) is 4.83. The summed E-state index contributed by atoms with van der Waals surface area (Å²) in [7, 11) is 0. The van der Waals surface area contributed by atoms with E-state index in [0.29, 0.717) is 17.1 Å². The van der Waals surface area contributed by atoms with Crippen LogP contribution in [0.1, 0.15) is 6.42 Å². The molecule has 0 saturated carbocycles. The normalized spacial score (nSPS) is 16.6. The maximum Gasteiger partial charge on any atom is 0.208 e. The van der Waals surface area contributed by atoms with Gasteiger partial charge in [0.25, 0.3) is 0 Å². The van der Waals surface area contributed by atoms with Crippen molar-refractivity contribution in [3.63, 3.8) is 0 Å². The van der Waals surface area contributed by atoms with Crippen LogP contribution in [0.3, 0.4) is 0 Å². The molecule has 0 bridgehead atoms. The minimum atomic E-state index is -0.291. The second-order valence-electron chi connectivity index (χ2n) is 5.42. The first-order chi connectivity index (χ1) is 11.2. The molecule has 1 fully saturated rings. The number of β-amino-alcohol motifs (C(OH)–C–C–N with tert-alkyl or cyclic N) is 1. The van der Waals surface area contributed by atoms with Crippen LogP contribution >= 0.6 is 27.3 Å². The monoisotopic (exact) mass is 400 g/mol. The van der Waals surface area contributed by atoms with Crippen molar-refractivity contribution in [1.29, 1.82) is 0 Å². The van der Waals surface area contributed by atoms with E-state index < -0.39 is 0 Å². The van der Waals surface area contributed by atoms with Gasteiger partial charge in [-0.1, -0.05) is 27.3 Å². The molecular weight excluding hydrogens is 383 g/mol. The van der Waals surface area contributed by atoms with Crippen LogP contribution in [0.25, 0.3) is 10.6 Å². The molecule has 1 N–H and O–H groups in total. The minimum absolute atomic E-state index is 0.186. The zero-order chi connectivity index (χ0) is 16.2. The van der Waals surface area contributed by atoms with Gasteiger partial charge in [-0.05, 0) is 31.2 Å². The van der Waals surface area contributed by atoms with Gasteiger partial charge in [0.05, 0.1) is 6.61 Å². The summed E-state index contributed by atoms with van der Waals surface area (Å²) >= 11 is 4.78. The molecule has 2 aromatic rings. The first-order valence-electron chi connectivity index (χ1n) is 7.54. The Hall–Kier alpha value is -1.09. The van der Waals surface area contributed by atoms with Crippen LogP contribution in [0.5, 0.6) is 0 Å². The molecule has 5 nitrogen and oxygen atoms in total. The van der Waals surface area contributed by atoms with Gasteiger partial charge in [-0.15, -0.1) is 10.2 Å². The fourth-order valence-corrected chi connectivity index (χ4v) is 3.92. The minimum Gasteiger partial charge on any atom is -0.395 e. The predicted octanol–water partition coefficient (Wildman–Crippen LogP) is 2.61. The van der Waals surface area contributed by atoms with E-state index in [9.17, 15) is 4.39 Å². The van der Waals surface area contributed by atoms with E-state index >= 15 is 0 Å². The maximum atomic E-state index is 14.0. The number of nitrogens with zero attached hydrogens (tertiary/aromatic N) is 4. The number of hydrogen-bond donors (Lipinski definition) is 1. The van der Waals surface area contributed by atoms with Gasteiger partial charge in [0.2, 0.25) is 5.13 Å². The number of halogens is 2. The fourth-order valence-electron chi connectivity index (χ4n) is 2.64. The largest absolute Gasteiger partial charge is 0.395 e.